The molecule has 2 aliphatic rings. The number of nitrogens with one attached hydrogen (secondary N) is 1. The van der Waals surface area contributed by atoms with Crippen LogP contribution in [0.25, 0.3) is 0 Å². The molecule has 0 saturated heterocycles. The van der Waals surface area contributed by atoms with Crippen LogP contribution in [0.1, 0.15) is 34.3 Å². The molecule has 1 aliphatic heterocycles. The fraction of sp³-hybridized carbons (Fsp3) is 0.300. The maximum Gasteiger partial charge on any atom is 0.257 e. The minimum Gasteiger partial charge on any atom is -0.338 e. The fourth-order valence-corrected chi connectivity index (χ4v) is 3.66. The monoisotopic (exact) mass is 388 g/mol. The van der Waals surface area contributed by atoms with Crippen LogP contribution in [0.4, 0.5) is 5.69 Å². The second-order valence-corrected chi connectivity index (χ2v) is 7.69. The highest BCUT2D eigenvalue weighted by Gasteiger charge is 2.34. The molecule has 0 atom stereocenters. The lowest BCUT2D eigenvalue weighted by atomic mass is 9.98. The zero-order valence-corrected chi connectivity index (χ0v) is 15.6. The topological polar surface area (TPSA) is 49.4 Å². The Hall–Kier alpha value is -2.04. The van der Waals surface area contributed by atoms with Crippen molar-refractivity contribution in [3.05, 3.63) is 63.1 Å². The summed E-state index contributed by atoms with van der Waals surface area (Å²) < 4.78 is 0. The average molecular weight is 389 g/mol. The van der Waals surface area contributed by atoms with E-state index < -0.39 is 0 Å². The van der Waals surface area contributed by atoms with E-state index in [2.05, 4.69) is 5.32 Å². The van der Waals surface area contributed by atoms with E-state index in [-0.39, 0.29) is 17.7 Å². The van der Waals surface area contributed by atoms with Crippen LogP contribution in [0.5, 0.6) is 0 Å². The Morgan fingerprint density at radius 1 is 1.04 bits per heavy atom. The van der Waals surface area contributed by atoms with E-state index in [1.54, 1.807) is 18.2 Å². The molecule has 0 spiro atoms. The van der Waals surface area contributed by atoms with Gasteiger partial charge in [0.1, 0.15) is 0 Å². The summed E-state index contributed by atoms with van der Waals surface area (Å²) in [6.07, 6.45) is 2.87. The van der Waals surface area contributed by atoms with Crippen LogP contribution in [0.15, 0.2) is 36.4 Å². The van der Waals surface area contributed by atoms with Gasteiger partial charge >= 0.3 is 0 Å². The number of amides is 2. The molecule has 6 heteroatoms. The zero-order chi connectivity index (χ0) is 18.3. The second-order valence-electron chi connectivity index (χ2n) is 6.85. The first-order valence-corrected chi connectivity index (χ1v) is 9.44. The lowest BCUT2D eigenvalue weighted by molar-refractivity contribution is -0.133. The molecule has 2 aromatic rings. The van der Waals surface area contributed by atoms with Gasteiger partial charge in [-0.2, -0.15) is 0 Å². The van der Waals surface area contributed by atoms with E-state index in [1.165, 1.54) is 5.56 Å². The van der Waals surface area contributed by atoms with Gasteiger partial charge in [0.15, 0.2) is 0 Å². The van der Waals surface area contributed by atoms with Crippen molar-refractivity contribution < 1.29 is 9.59 Å². The van der Waals surface area contributed by atoms with Gasteiger partial charge in [0.05, 0.1) is 10.6 Å². The molecule has 0 unspecified atom stereocenters. The molecule has 0 radical (unpaired) electrons. The molecule has 0 aromatic heterocycles. The number of benzene rings is 2. The number of hydrogen-bond donors (Lipinski definition) is 1. The number of fused-ring (bicyclic) bond motifs is 1. The molecule has 1 saturated carbocycles. The van der Waals surface area contributed by atoms with E-state index in [0.717, 1.165) is 31.4 Å². The molecule has 4 nitrogen and oxygen atoms in total. The van der Waals surface area contributed by atoms with Gasteiger partial charge in [-0.15, -0.1) is 0 Å². The maximum atomic E-state index is 12.5. The van der Waals surface area contributed by atoms with Gasteiger partial charge in [0.2, 0.25) is 5.91 Å². The highest BCUT2D eigenvalue weighted by molar-refractivity contribution is 6.36. The van der Waals surface area contributed by atoms with E-state index in [4.69, 9.17) is 23.2 Å². The Morgan fingerprint density at radius 3 is 2.62 bits per heavy atom. The zero-order valence-electron chi connectivity index (χ0n) is 14.1. The first kappa shape index (κ1) is 17.4. The normalized spacial score (nSPS) is 16.2. The number of halogens is 2. The lowest BCUT2D eigenvalue weighted by Gasteiger charge is -2.29. The van der Waals surface area contributed by atoms with Crippen molar-refractivity contribution >= 4 is 40.7 Å². The molecular weight excluding hydrogens is 371 g/mol. The number of nitrogens with zero attached hydrogens (tertiary/aromatic N) is 1. The van der Waals surface area contributed by atoms with Crippen LogP contribution in [0, 0.1) is 5.92 Å². The third-order valence-corrected chi connectivity index (χ3v) is 5.45. The Kier molecular flexibility index (Phi) is 4.63. The molecule has 4 rings (SSSR count). The molecule has 1 heterocycles. The number of hydrogen-bond acceptors (Lipinski definition) is 2. The van der Waals surface area contributed by atoms with Crippen molar-refractivity contribution in [1.29, 1.82) is 0 Å². The smallest absolute Gasteiger partial charge is 0.257 e. The summed E-state index contributed by atoms with van der Waals surface area (Å²) in [6.45, 7) is 1.37. The largest absolute Gasteiger partial charge is 0.338 e. The van der Waals surface area contributed by atoms with Crippen LogP contribution in [-0.4, -0.2) is 23.3 Å². The lowest BCUT2D eigenvalue weighted by Crippen LogP contribution is -2.36. The third-order valence-electron chi connectivity index (χ3n) is 4.89. The van der Waals surface area contributed by atoms with Gasteiger partial charge in [-0.1, -0.05) is 29.3 Å². The molecule has 2 amide bonds. The van der Waals surface area contributed by atoms with Gasteiger partial charge < -0.3 is 10.2 Å². The predicted molar refractivity (Wildman–Crippen MR) is 103 cm³/mol. The SMILES string of the molecule is O=C(Nc1ccc2c(c1)CN(C(=O)C1CC1)CC2)c1cc(Cl)ccc1Cl. The molecule has 1 aliphatic carbocycles. The first-order valence-electron chi connectivity index (χ1n) is 8.68. The Labute approximate surface area is 162 Å². The fourth-order valence-electron chi connectivity index (χ4n) is 3.28. The minimum absolute atomic E-state index is 0.226. The van der Waals surface area contributed by atoms with Gasteiger partial charge in [-0.3, -0.25) is 9.59 Å². The van der Waals surface area contributed by atoms with Crippen molar-refractivity contribution in [3.63, 3.8) is 0 Å². The van der Waals surface area contributed by atoms with Crippen LogP contribution >= 0.6 is 23.2 Å². The van der Waals surface area contributed by atoms with Crippen LogP contribution < -0.4 is 5.32 Å². The molecule has 2 aromatic carbocycles. The van der Waals surface area contributed by atoms with Crippen LogP contribution in [0.3, 0.4) is 0 Å². The summed E-state index contributed by atoms with van der Waals surface area (Å²) in [5, 5.41) is 3.68. The van der Waals surface area contributed by atoms with Crippen LogP contribution in [-0.2, 0) is 17.8 Å². The van der Waals surface area contributed by atoms with Gasteiger partial charge in [-0.25, -0.2) is 0 Å². The summed E-state index contributed by atoms with van der Waals surface area (Å²) in [7, 11) is 0. The van der Waals surface area contributed by atoms with Gasteiger partial charge in [-0.05, 0) is 60.7 Å². The van der Waals surface area contributed by atoms with Gasteiger partial charge in [0.25, 0.3) is 5.91 Å². The van der Waals surface area contributed by atoms with Crippen molar-refractivity contribution in [2.75, 3.05) is 11.9 Å². The van der Waals surface area contributed by atoms with E-state index >= 15 is 0 Å². The van der Waals surface area contributed by atoms with Crippen molar-refractivity contribution in [3.8, 4) is 0 Å². The number of anilines is 1. The summed E-state index contributed by atoms with van der Waals surface area (Å²) in [5.41, 5.74) is 3.33. The van der Waals surface area contributed by atoms with Gasteiger partial charge in [0, 0.05) is 29.7 Å². The molecule has 26 heavy (non-hydrogen) atoms. The average Bonchev–Trinajstić information content (AvgIpc) is 3.47. The quantitative estimate of drug-likeness (QED) is 0.838. The molecule has 134 valence electrons. The third kappa shape index (κ3) is 3.57. The van der Waals surface area contributed by atoms with Crippen LogP contribution in [0.2, 0.25) is 10.0 Å². The number of carbonyl (C=O) groups is 2. The maximum absolute atomic E-state index is 12.5. The standard InChI is InChI=1S/C20H18Cl2N2O2/c21-15-4-6-18(22)17(10-15)19(25)23-16-5-3-12-7-8-24(11-14(12)9-16)20(26)13-1-2-13/h3-6,9-10,13H,1-2,7-8,11H2,(H,23,25). The Morgan fingerprint density at radius 2 is 1.85 bits per heavy atom. The molecular formula is C20H18Cl2N2O2. The number of carbonyl (C=O) groups excluding carboxylic acids is 2. The summed E-state index contributed by atoms with van der Waals surface area (Å²) in [6, 6.07) is 10.6. The second kappa shape index (κ2) is 6.93. The summed E-state index contributed by atoms with van der Waals surface area (Å²) in [4.78, 5) is 26.8. The highest BCUT2D eigenvalue weighted by atomic mass is 35.5. The minimum atomic E-state index is -0.306. The van der Waals surface area contributed by atoms with Crippen molar-refractivity contribution in [1.82, 2.24) is 4.90 Å². The Balaban J connectivity index is 1.52. The summed E-state index contributed by atoms with van der Waals surface area (Å²) >= 11 is 12.1. The Bertz CT molecular complexity index is 893. The molecule has 1 N–H and O–H groups in total. The van der Waals surface area contributed by atoms with Crippen molar-refractivity contribution in [2.24, 2.45) is 5.92 Å². The number of rotatable bonds is 3. The van der Waals surface area contributed by atoms with Crippen molar-refractivity contribution in [2.45, 2.75) is 25.8 Å². The van der Waals surface area contributed by atoms with E-state index in [9.17, 15) is 9.59 Å². The predicted octanol–water partition coefficient (Wildman–Crippen LogP) is 4.54. The molecule has 0 bridgehead atoms. The summed E-state index contributed by atoms with van der Waals surface area (Å²) in [5.74, 6) is 0.180. The van der Waals surface area contributed by atoms with E-state index in [0.29, 0.717) is 27.8 Å². The van der Waals surface area contributed by atoms with E-state index in [1.807, 2.05) is 23.1 Å². The first-order chi connectivity index (χ1) is 12.5. The highest BCUT2D eigenvalue weighted by Crippen LogP contribution is 2.33. The molecule has 1 fully saturated rings.